The van der Waals surface area contributed by atoms with Crippen LogP contribution >= 0.6 is 0 Å². The lowest BCUT2D eigenvalue weighted by Crippen LogP contribution is -2.46. The molecule has 3 aromatic heterocycles. The van der Waals surface area contributed by atoms with Crippen LogP contribution in [0.25, 0.3) is 28.3 Å². The molecule has 2 aromatic carbocycles. The molecule has 12 nitrogen and oxygen atoms in total. The topological polar surface area (TPSA) is 133 Å². The lowest BCUT2D eigenvalue weighted by atomic mass is 9.92. The van der Waals surface area contributed by atoms with Gasteiger partial charge in [0, 0.05) is 43.2 Å². The van der Waals surface area contributed by atoms with Crippen molar-refractivity contribution in [3.8, 4) is 22.5 Å². The largest absolute Gasteiger partial charge is 0.439 e. The van der Waals surface area contributed by atoms with Gasteiger partial charge in [-0.1, -0.05) is 67.0 Å². The number of nitrogens with zero attached hydrogens (tertiary/aromatic N) is 6. The second-order valence-corrected chi connectivity index (χ2v) is 13.5. The van der Waals surface area contributed by atoms with Gasteiger partial charge in [-0.3, -0.25) is 23.8 Å². The molecule has 12 heteroatoms. The van der Waals surface area contributed by atoms with Gasteiger partial charge in [-0.25, -0.2) is 9.31 Å². The highest BCUT2D eigenvalue weighted by Crippen LogP contribution is 2.32. The van der Waals surface area contributed by atoms with Crippen LogP contribution in [0.1, 0.15) is 75.7 Å². The summed E-state index contributed by atoms with van der Waals surface area (Å²) in [6.45, 7) is 9.89. The van der Waals surface area contributed by atoms with Crippen LogP contribution in [0.3, 0.4) is 0 Å². The van der Waals surface area contributed by atoms with Crippen LogP contribution in [0.15, 0.2) is 69.0 Å². The average molecular weight is 668 g/mol. The Hall–Kier alpha value is -4.39. The molecule has 49 heavy (non-hydrogen) atoms. The third kappa shape index (κ3) is 7.17. The van der Waals surface area contributed by atoms with Gasteiger partial charge in [0.05, 0.1) is 30.6 Å². The first-order valence-corrected chi connectivity index (χ1v) is 17.6. The summed E-state index contributed by atoms with van der Waals surface area (Å²) in [6.07, 6.45) is 7.89. The molecular weight excluding hydrogens is 622 g/mol. The third-order valence-corrected chi connectivity index (χ3v) is 9.85. The van der Waals surface area contributed by atoms with Crippen LogP contribution in [-0.4, -0.2) is 78.8 Å². The smallest absolute Gasteiger partial charge is 0.377 e. The molecule has 1 aliphatic carbocycles. The van der Waals surface area contributed by atoms with Crippen molar-refractivity contribution in [3.63, 3.8) is 0 Å². The number of aromatic nitrogens is 6. The van der Waals surface area contributed by atoms with E-state index in [1.54, 1.807) is 6.33 Å². The van der Waals surface area contributed by atoms with Gasteiger partial charge in [0.2, 0.25) is 5.78 Å². The second-order valence-electron chi connectivity index (χ2n) is 13.5. The summed E-state index contributed by atoms with van der Waals surface area (Å²) in [5.41, 5.74) is 5.39. The Morgan fingerprint density at radius 2 is 1.69 bits per heavy atom. The Balaban J connectivity index is 1.09. The van der Waals surface area contributed by atoms with E-state index in [2.05, 4.69) is 58.0 Å². The Kier molecular flexibility index (Phi) is 9.88. The SMILES string of the molecule is CCCc1c(Cc2ccc(-c3ccccc3-c3noc(=O)[nH]3)cc2)c(=O)n(C2CCC(OCCN3C[C@@H](C)O[C@@H](C)C3)CC2)c2ncnn12. The van der Waals surface area contributed by atoms with Gasteiger partial charge in [-0.2, -0.15) is 10.1 Å². The summed E-state index contributed by atoms with van der Waals surface area (Å²) in [5.74, 6) is 0.409. The third-order valence-electron chi connectivity index (χ3n) is 9.85. The molecule has 1 saturated carbocycles. The summed E-state index contributed by atoms with van der Waals surface area (Å²) >= 11 is 0. The minimum Gasteiger partial charge on any atom is -0.377 e. The highest BCUT2D eigenvalue weighted by molar-refractivity contribution is 5.80. The lowest BCUT2D eigenvalue weighted by molar-refractivity contribution is -0.0778. The first kappa shape index (κ1) is 33.1. The Morgan fingerprint density at radius 3 is 2.39 bits per heavy atom. The van der Waals surface area contributed by atoms with Gasteiger partial charge in [-0.05, 0) is 62.6 Å². The molecule has 2 atom stereocenters. The van der Waals surface area contributed by atoms with E-state index in [-0.39, 0.29) is 29.9 Å². The van der Waals surface area contributed by atoms with Gasteiger partial charge in [0.1, 0.15) is 6.33 Å². The predicted octanol–water partition coefficient (Wildman–Crippen LogP) is 5.05. The van der Waals surface area contributed by atoms with Gasteiger partial charge in [0.15, 0.2) is 5.82 Å². The normalized spacial score (nSPS) is 21.8. The molecule has 2 fully saturated rings. The number of fused-ring (bicyclic) bond motifs is 1. The summed E-state index contributed by atoms with van der Waals surface area (Å²) in [6, 6.07) is 16.0. The molecule has 0 unspecified atom stereocenters. The van der Waals surface area contributed by atoms with E-state index in [4.69, 9.17) is 14.0 Å². The van der Waals surface area contributed by atoms with Crippen LogP contribution < -0.4 is 11.3 Å². The number of aryl methyl sites for hydroxylation is 1. The number of benzene rings is 2. The number of aromatic amines is 1. The van der Waals surface area contributed by atoms with Crippen molar-refractivity contribution in [2.45, 2.75) is 90.1 Å². The van der Waals surface area contributed by atoms with E-state index >= 15 is 0 Å². The van der Waals surface area contributed by atoms with E-state index in [1.165, 1.54) is 0 Å². The zero-order chi connectivity index (χ0) is 33.9. The molecule has 0 spiro atoms. The number of nitrogens with one attached hydrogen (secondary N) is 1. The molecule has 1 N–H and O–H groups in total. The zero-order valence-electron chi connectivity index (χ0n) is 28.5. The molecule has 4 heterocycles. The molecule has 1 aliphatic heterocycles. The maximum atomic E-state index is 14.4. The van der Waals surface area contributed by atoms with Crippen LogP contribution in [0, 0.1) is 0 Å². The molecule has 5 aromatic rings. The molecule has 2 aliphatic rings. The number of ether oxygens (including phenoxy) is 2. The highest BCUT2D eigenvalue weighted by atomic mass is 16.5. The summed E-state index contributed by atoms with van der Waals surface area (Å²) < 4.78 is 20.7. The van der Waals surface area contributed by atoms with E-state index in [0.29, 0.717) is 24.6 Å². The summed E-state index contributed by atoms with van der Waals surface area (Å²) in [4.78, 5) is 35.7. The van der Waals surface area contributed by atoms with E-state index in [9.17, 15) is 9.59 Å². The van der Waals surface area contributed by atoms with Crippen molar-refractivity contribution >= 4 is 5.78 Å². The van der Waals surface area contributed by atoms with Crippen molar-refractivity contribution in [3.05, 3.63) is 92.6 Å². The Labute approximate surface area is 285 Å². The maximum Gasteiger partial charge on any atom is 0.439 e. The van der Waals surface area contributed by atoms with Gasteiger partial charge >= 0.3 is 5.76 Å². The minimum absolute atomic E-state index is 0.0216. The van der Waals surface area contributed by atoms with Gasteiger partial charge < -0.3 is 9.47 Å². The fourth-order valence-corrected chi connectivity index (χ4v) is 7.66. The number of morpholine rings is 1. The molecule has 0 amide bonds. The van der Waals surface area contributed by atoms with Crippen molar-refractivity contribution in [1.82, 2.24) is 34.2 Å². The quantitative estimate of drug-likeness (QED) is 0.205. The van der Waals surface area contributed by atoms with Crippen molar-refractivity contribution < 1.29 is 14.0 Å². The Bertz CT molecular complexity index is 1980. The summed E-state index contributed by atoms with van der Waals surface area (Å²) in [5, 5.41) is 8.49. The summed E-state index contributed by atoms with van der Waals surface area (Å²) in [7, 11) is 0. The fraction of sp³-hybridized carbons (Fsp3) is 0.486. The average Bonchev–Trinajstić information content (AvgIpc) is 3.76. The molecule has 1 saturated heterocycles. The van der Waals surface area contributed by atoms with E-state index in [0.717, 1.165) is 91.7 Å². The Morgan fingerprint density at radius 1 is 0.959 bits per heavy atom. The molecular formula is C37H45N7O5. The second kappa shape index (κ2) is 14.6. The van der Waals surface area contributed by atoms with E-state index in [1.807, 2.05) is 45.5 Å². The number of hydrogen-bond acceptors (Lipinski definition) is 9. The molecule has 0 bridgehead atoms. The molecule has 258 valence electrons. The first-order valence-electron chi connectivity index (χ1n) is 17.6. The van der Waals surface area contributed by atoms with Crippen LogP contribution in [0.5, 0.6) is 0 Å². The predicted molar refractivity (Wildman–Crippen MR) is 186 cm³/mol. The lowest BCUT2D eigenvalue weighted by Gasteiger charge is -2.36. The van der Waals surface area contributed by atoms with Crippen LogP contribution in [-0.2, 0) is 22.3 Å². The van der Waals surface area contributed by atoms with E-state index < -0.39 is 5.76 Å². The van der Waals surface area contributed by atoms with Gasteiger partial charge in [0.25, 0.3) is 5.56 Å². The van der Waals surface area contributed by atoms with Crippen LogP contribution in [0.2, 0.25) is 0 Å². The van der Waals surface area contributed by atoms with Crippen molar-refractivity contribution in [2.75, 3.05) is 26.2 Å². The van der Waals surface area contributed by atoms with Crippen LogP contribution in [0.4, 0.5) is 0 Å². The molecule has 7 rings (SSSR count). The molecule has 0 radical (unpaired) electrons. The highest BCUT2D eigenvalue weighted by Gasteiger charge is 2.29. The van der Waals surface area contributed by atoms with Crippen molar-refractivity contribution in [1.29, 1.82) is 0 Å². The van der Waals surface area contributed by atoms with Crippen molar-refractivity contribution in [2.24, 2.45) is 0 Å². The standard InChI is InChI=1S/C37H45N7O5/c1-4-7-33-32(20-26-10-12-27(13-11-26)30-8-5-6-9-31(30)34-40-37(46)49-41-34)35(45)43(36-38-23-39-44(33)36)28-14-16-29(17-15-28)47-19-18-42-21-24(2)48-25(3)22-42/h5-6,8-13,23-25,28-29H,4,7,14-22H2,1-3H3,(H,40,41,46)/t24-,25+,28?,29?. The number of hydrogen-bond donors (Lipinski definition) is 1. The number of rotatable bonds is 11. The zero-order valence-corrected chi connectivity index (χ0v) is 28.5. The minimum atomic E-state index is -0.594. The van der Waals surface area contributed by atoms with Gasteiger partial charge in [-0.15, -0.1) is 0 Å². The fourth-order valence-electron chi connectivity index (χ4n) is 7.66. The number of H-pyrrole nitrogens is 1. The maximum absolute atomic E-state index is 14.4. The monoisotopic (exact) mass is 667 g/mol. The first-order chi connectivity index (χ1) is 23.9.